The van der Waals surface area contributed by atoms with Crippen LogP contribution in [0.5, 0.6) is 17.2 Å². The number of ether oxygens (including phenoxy) is 2. The number of nitrogens with zero attached hydrogens (tertiary/aromatic N) is 5. The predicted octanol–water partition coefficient (Wildman–Crippen LogP) is 5.93. The van der Waals surface area contributed by atoms with Gasteiger partial charge in [-0.15, -0.1) is 11.3 Å². The highest BCUT2D eigenvalue weighted by atomic mass is 32.1. The first kappa shape index (κ1) is 20.3. The summed E-state index contributed by atoms with van der Waals surface area (Å²) in [6, 6.07) is 10.9. The zero-order valence-electron chi connectivity index (χ0n) is 21.2. The number of hydrogen-bond acceptors (Lipinski definition) is 8. The van der Waals surface area contributed by atoms with Crippen molar-refractivity contribution < 1.29 is 16.6 Å². The molecule has 2 aromatic carbocycles. The Morgan fingerprint density at radius 2 is 1.86 bits per heavy atom. The number of nitrogens with two attached hydrogens (primary N) is 1. The number of aryl methyl sites for hydroxylation is 1. The normalized spacial score (nSPS) is 12.6. The van der Waals surface area contributed by atoms with E-state index >= 15 is 0 Å². The summed E-state index contributed by atoms with van der Waals surface area (Å²) in [6.07, 6.45) is 2.82. The van der Waals surface area contributed by atoms with Crippen molar-refractivity contribution in [3.05, 3.63) is 70.7 Å². The van der Waals surface area contributed by atoms with Crippen LogP contribution >= 0.6 is 11.3 Å². The van der Waals surface area contributed by atoms with Crippen LogP contribution in [-0.2, 0) is 6.56 Å². The van der Waals surface area contributed by atoms with E-state index in [9.17, 15) is 4.39 Å². The van der Waals surface area contributed by atoms with Crippen LogP contribution in [0.2, 0.25) is 0 Å². The molecule has 8 nitrogen and oxygen atoms in total. The van der Waals surface area contributed by atoms with Crippen molar-refractivity contribution in [3.8, 4) is 28.5 Å². The van der Waals surface area contributed by atoms with Crippen molar-refractivity contribution in [2.75, 3.05) is 5.73 Å². The first-order valence-corrected chi connectivity index (χ1v) is 11.6. The molecule has 3 aromatic heterocycles. The molecule has 0 atom stereocenters. The Morgan fingerprint density at radius 1 is 1.09 bits per heavy atom. The van der Waals surface area contributed by atoms with Gasteiger partial charge in [-0.2, -0.15) is 5.10 Å². The average Bonchev–Trinajstić information content (AvgIpc) is 3.44. The lowest BCUT2D eigenvalue weighted by atomic mass is 10.1. The number of benzene rings is 2. The summed E-state index contributed by atoms with van der Waals surface area (Å²) in [5.41, 5.74) is 8.23. The van der Waals surface area contributed by atoms with E-state index in [-0.39, 0.29) is 22.4 Å². The second-order valence-corrected chi connectivity index (χ2v) is 9.28. The molecule has 0 aliphatic carbocycles. The highest BCUT2D eigenvalue weighted by Gasteiger charge is 2.18. The molecule has 0 saturated carbocycles. The molecule has 5 rings (SSSR count). The van der Waals surface area contributed by atoms with Gasteiger partial charge < -0.3 is 15.2 Å². The second kappa shape index (κ2) is 9.30. The molecule has 0 aliphatic rings. The summed E-state index contributed by atoms with van der Waals surface area (Å²) in [5.74, 6) is 0.308. The fourth-order valence-electron chi connectivity index (χ4n) is 3.55. The van der Waals surface area contributed by atoms with Gasteiger partial charge in [0.15, 0.2) is 5.65 Å². The quantitative estimate of drug-likeness (QED) is 0.300. The van der Waals surface area contributed by atoms with Gasteiger partial charge in [0, 0.05) is 36.0 Å². The summed E-state index contributed by atoms with van der Waals surface area (Å²) in [4.78, 5) is 12.8. The highest BCUT2D eigenvalue weighted by Crippen LogP contribution is 2.34. The molecule has 0 saturated heterocycles. The zero-order chi connectivity index (χ0) is 26.3. The number of hydrogen-bond donors (Lipinski definition) is 1. The molecule has 35 heavy (non-hydrogen) atoms. The summed E-state index contributed by atoms with van der Waals surface area (Å²) < 4.78 is 43.9. The number of rotatable bonds is 7. The maximum Gasteiger partial charge on any atom is 0.164 e. The Balaban J connectivity index is 1.40. The molecular weight excluding hydrogens is 467 g/mol. The lowest BCUT2D eigenvalue weighted by Gasteiger charge is -2.10. The van der Waals surface area contributed by atoms with Crippen molar-refractivity contribution in [3.63, 3.8) is 0 Å². The van der Waals surface area contributed by atoms with Crippen molar-refractivity contribution in [2.45, 2.75) is 33.4 Å². The predicted molar refractivity (Wildman–Crippen MR) is 133 cm³/mol. The van der Waals surface area contributed by atoms with Gasteiger partial charge in [0.05, 0.1) is 18.0 Å². The van der Waals surface area contributed by atoms with Crippen LogP contribution in [-0.4, -0.2) is 24.7 Å². The van der Waals surface area contributed by atoms with Gasteiger partial charge in [0.2, 0.25) is 0 Å². The van der Waals surface area contributed by atoms with E-state index in [4.69, 9.17) is 23.0 Å². The van der Waals surface area contributed by atoms with E-state index in [1.807, 2.05) is 26.0 Å². The summed E-state index contributed by atoms with van der Waals surface area (Å²) in [5, 5.41) is 6.08. The molecule has 5 aromatic rings. The molecule has 2 N–H and O–H groups in total. The van der Waals surface area contributed by atoms with Gasteiger partial charge in [0.25, 0.3) is 0 Å². The number of thiazole rings is 1. The standard InChI is InChI=1S/C25H23FN6O2S/c1-14(2)32-25-22(24(27)29-13-30-25)23(31-32)16-4-6-18(7-5-16)34-20-9-17(26)8-19(10-20)33-12-21-11-28-15(3)35-21/h4-11,13-14H,12H2,1-3H3,(H2,27,29,30)/i12D2. The minimum absolute atomic E-state index is 0.0103. The monoisotopic (exact) mass is 492 g/mol. The van der Waals surface area contributed by atoms with Crippen molar-refractivity contribution in [2.24, 2.45) is 0 Å². The van der Waals surface area contributed by atoms with Crippen LogP contribution in [0.15, 0.2) is 55.0 Å². The molecule has 0 radical (unpaired) electrons. The molecule has 0 aliphatic heterocycles. The maximum atomic E-state index is 14.3. The van der Waals surface area contributed by atoms with Gasteiger partial charge in [-0.05, 0) is 45.0 Å². The number of fused-ring (bicyclic) bond motifs is 1. The van der Waals surface area contributed by atoms with Gasteiger partial charge >= 0.3 is 0 Å². The number of nitrogen functional groups attached to an aromatic ring is 1. The Kier molecular flexibility index (Phi) is 5.40. The minimum Gasteiger partial charge on any atom is -0.488 e. The van der Waals surface area contributed by atoms with Crippen LogP contribution in [0.1, 0.15) is 32.5 Å². The summed E-state index contributed by atoms with van der Waals surface area (Å²) in [7, 11) is 0. The molecular formula is C25H23FN6O2S. The maximum absolute atomic E-state index is 14.3. The van der Waals surface area contributed by atoms with Gasteiger partial charge in [-0.25, -0.2) is 24.0 Å². The van der Waals surface area contributed by atoms with Crippen LogP contribution in [0.3, 0.4) is 0 Å². The van der Waals surface area contributed by atoms with E-state index in [1.165, 1.54) is 36.0 Å². The van der Waals surface area contributed by atoms with Gasteiger partial charge in [0.1, 0.15) is 47.5 Å². The Morgan fingerprint density at radius 3 is 2.57 bits per heavy atom. The second-order valence-electron chi connectivity index (χ2n) is 8.04. The number of anilines is 1. The largest absolute Gasteiger partial charge is 0.488 e. The first-order chi connectivity index (χ1) is 17.6. The number of halogens is 1. The van der Waals surface area contributed by atoms with E-state index in [0.29, 0.717) is 33.3 Å². The summed E-state index contributed by atoms with van der Waals surface area (Å²) in [6.45, 7) is 3.61. The van der Waals surface area contributed by atoms with Crippen molar-refractivity contribution in [1.82, 2.24) is 24.7 Å². The SMILES string of the molecule is [2H]C([2H])(Oc1cc(F)cc(Oc2ccc(-c3nn(C(C)C)c4ncnc(N)c34)cc2)c1)c1cnc(C)s1. The van der Waals surface area contributed by atoms with Crippen LogP contribution in [0.4, 0.5) is 10.2 Å². The van der Waals surface area contributed by atoms with E-state index in [2.05, 4.69) is 15.0 Å². The lowest BCUT2D eigenvalue weighted by Crippen LogP contribution is -2.04. The van der Waals surface area contributed by atoms with Crippen molar-refractivity contribution >= 4 is 28.2 Å². The van der Waals surface area contributed by atoms with Gasteiger partial charge in [-0.1, -0.05) is 0 Å². The lowest BCUT2D eigenvalue weighted by molar-refractivity contribution is 0.306. The van der Waals surface area contributed by atoms with Crippen LogP contribution in [0.25, 0.3) is 22.3 Å². The molecule has 0 spiro atoms. The Hall–Kier alpha value is -4.05. The first-order valence-electron chi connectivity index (χ1n) is 11.8. The highest BCUT2D eigenvalue weighted by molar-refractivity contribution is 7.11. The molecule has 3 heterocycles. The Bertz CT molecular complexity index is 1590. The topological polar surface area (TPSA) is 101 Å². The fraction of sp³-hybridized carbons (Fsp3) is 0.200. The third kappa shape index (κ3) is 4.78. The molecule has 178 valence electrons. The Labute approximate surface area is 208 Å². The molecule has 0 fully saturated rings. The fourth-order valence-corrected chi connectivity index (χ4v) is 4.16. The average molecular weight is 493 g/mol. The zero-order valence-corrected chi connectivity index (χ0v) is 20.0. The molecule has 0 amide bonds. The number of aromatic nitrogens is 5. The molecule has 0 unspecified atom stereocenters. The van der Waals surface area contributed by atoms with Gasteiger partial charge in [-0.3, -0.25) is 0 Å². The van der Waals surface area contributed by atoms with Crippen LogP contribution < -0.4 is 15.2 Å². The third-order valence-electron chi connectivity index (χ3n) is 5.11. The third-order valence-corrected chi connectivity index (χ3v) is 5.92. The smallest absolute Gasteiger partial charge is 0.164 e. The van der Waals surface area contributed by atoms with E-state index < -0.39 is 12.4 Å². The van der Waals surface area contributed by atoms with E-state index in [1.54, 1.807) is 23.7 Å². The minimum atomic E-state index is -2.17. The molecule has 10 heteroatoms. The molecule has 0 bridgehead atoms. The van der Waals surface area contributed by atoms with Crippen LogP contribution in [0, 0.1) is 12.7 Å². The van der Waals surface area contributed by atoms with Crippen molar-refractivity contribution in [1.29, 1.82) is 0 Å². The van der Waals surface area contributed by atoms with E-state index in [0.717, 1.165) is 11.6 Å². The summed E-state index contributed by atoms with van der Waals surface area (Å²) >= 11 is 1.17.